The van der Waals surface area contributed by atoms with Crippen LogP contribution in [0.5, 0.6) is 0 Å². The standard InChI is InChI=1S/C21H31N9/c1-11-28-18(14(22-10)16(26-28)20(4,5)6)24-23-15-17(21(7,8)9)27-30-13(3)25-29(12-2)19(15)30/h11-12H2,1-9H3. The zero-order valence-electron chi connectivity index (χ0n) is 19.4. The molecule has 30 heavy (non-hydrogen) atoms. The SMILES string of the molecule is [C-]#[N+]c1c(C(C)(C)C)nn(CC)c1N=Nc1c(C(C)(C)C)nn2c(C)nn(CC)c12. The Hall–Kier alpha value is -3.02. The first kappa shape index (κ1) is 21.7. The minimum absolute atomic E-state index is 0.227. The molecule has 0 bridgehead atoms. The third kappa shape index (κ3) is 3.51. The summed E-state index contributed by atoms with van der Waals surface area (Å²) < 4.78 is 5.46. The summed E-state index contributed by atoms with van der Waals surface area (Å²) in [5.41, 5.74) is 3.04. The van der Waals surface area contributed by atoms with Crippen LogP contribution in [0.1, 0.15) is 72.6 Å². The van der Waals surface area contributed by atoms with E-state index in [1.807, 2.05) is 50.7 Å². The number of fused-ring (bicyclic) bond motifs is 1. The summed E-state index contributed by atoms with van der Waals surface area (Å²) in [6.45, 7) is 27.4. The summed E-state index contributed by atoms with van der Waals surface area (Å²) in [5, 5.41) is 23.2. The fourth-order valence-electron chi connectivity index (χ4n) is 3.41. The van der Waals surface area contributed by atoms with Gasteiger partial charge in [-0.3, -0.25) is 4.68 Å². The van der Waals surface area contributed by atoms with E-state index in [2.05, 4.69) is 46.0 Å². The molecule has 0 aromatic carbocycles. The second-order valence-electron chi connectivity index (χ2n) is 9.44. The molecule has 0 atom stereocenters. The molecule has 0 fully saturated rings. The summed E-state index contributed by atoms with van der Waals surface area (Å²) >= 11 is 0. The topological polar surface area (TPSA) is 82.0 Å². The van der Waals surface area contributed by atoms with Crippen molar-refractivity contribution in [3.8, 4) is 0 Å². The Kier molecular flexibility index (Phi) is 5.31. The van der Waals surface area contributed by atoms with Crippen molar-refractivity contribution in [2.45, 2.75) is 86.2 Å². The number of aromatic nitrogens is 6. The third-order valence-corrected chi connectivity index (χ3v) is 4.93. The van der Waals surface area contributed by atoms with Gasteiger partial charge in [0, 0.05) is 18.5 Å². The van der Waals surface area contributed by atoms with Crippen molar-refractivity contribution in [3.05, 3.63) is 28.6 Å². The van der Waals surface area contributed by atoms with Crippen LogP contribution in [0.4, 0.5) is 17.2 Å². The van der Waals surface area contributed by atoms with Gasteiger partial charge in [0.1, 0.15) is 5.82 Å². The van der Waals surface area contributed by atoms with E-state index in [0.717, 1.165) is 22.9 Å². The van der Waals surface area contributed by atoms with E-state index in [1.165, 1.54) is 0 Å². The predicted octanol–water partition coefficient (Wildman–Crippen LogP) is 5.64. The van der Waals surface area contributed by atoms with Gasteiger partial charge in [-0.05, 0) is 26.2 Å². The molecule has 3 aromatic rings. The molecule has 0 aliphatic carbocycles. The van der Waals surface area contributed by atoms with Crippen LogP contribution >= 0.6 is 0 Å². The average molecular weight is 410 g/mol. The van der Waals surface area contributed by atoms with Crippen molar-refractivity contribution >= 4 is 22.8 Å². The van der Waals surface area contributed by atoms with Gasteiger partial charge in [-0.1, -0.05) is 41.5 Å². The largest absolute Gasteiger partial charge is 0.257 e. The number of azo groups is 1. The van der Waals surface area contributed by atoms with Crippen LogP contribution < -0.4 is 0 Å². The number of aryl methyl sites for hydroxylation is 3. The van der Waals surface area contributed by atoms with E-state index in [9.17, 15) is 0 Å². The van der Waals surface area contributed by atoms with Crippen molar-refractivity contribution in [3.63, 3.8) is 0 Å². The molecule has 3 rings (SSSR count). The van der Waals surface area contributed by atoms with Crippen molar-refractivity contribution in [1.82, 2.24) is 29.2 Å². The lowest BCUT2D eigenvalue weighted by Crippen LogP contribution is -2.13. The van der Waals surface area contributed by atoms with Gasteiger partial charge >= 0.3 is 0 Å². The van der Waals surface area contributed by atoms with Gasteiger partial charge in [0.15, 0.2) is 17.2 Å². The Morgan fingerprint density at radius 2 is 1.47 bits per heavy atom. The van der Waals surface area contributed by atoms with E-state index in [-0.39, 0.29) is 10.8 Å². The highest BCUT2D eigenvalue weighted by molar-refractivity contribution is 5.71. The van der Waals surface area contributed by atoms with E-state index in [4.69, 9.17) is 11.7 Å². The molecular formula is C21H31N9. The summed E-state index contributed by atoms with van der Waals surface area (Å²) in [7, 11) is 0. The number of nitrogens with zero attached hydrogens (tertiary/aromatic N) is 9. The van der Waals surface area contributed by atoms with Crippen LogP contribution in [-0.4, -0.2) is 29.2 Å². The van der Waals surface area contributed by atoms with Crippen LogP contribution in [0.3, 0.4) is 0 Å². The summed E-state index contributed by atoms with van der Waals surface area (Å²) in [6.07, 6.45) is 0. The lowest BCUT2D eigenvalue weighted by Gasteiger charge is -2.15. The molecule has 9 heteroatoms. The van der Waals surface area contributed by atoms with Gasteiger partial charge in [-0.2, -0.15) is 19.8 Å². The Morgan fingerprint density at radius 1 is 0.867 bits per heavy atom. The summed E-state index contributed by atoms with van der Waals surface area (Å²) in [4.78, 5) is 3.75. The predicted molar refractivity (Wildman–Crippen MR) is 117 cm³/mol. The second-order valence-corrected chi connectivity index (χ2v) is 9.44. The zero-order valence-corrected chi connectivity index (χ0v) is 19.4. The second kappa shape index (κ2) is 7.35. The summed E-state index contributed by atoms with van der Waals surface area (Å²) in [5.74, 6) is 1.28. The Bertz CT molecular complexity index is 1150. The number of hydrogen-bond donors (Lipinski definition) is 0. The lowest BCUT2D eigenvalue weighted by molar-refractivity contribution is 0.542. The van der Waals surface area contributed by atoms with Gasteiger partial charge in [-0.15, -0.1) is 10.2 Å². The van der Waals surface area contributed by atoms with Crippen LogP contribution in [-0.2, 0) is 23.9 Å². The highest BCUT2D eigenvalue weighted by Crippen LogP contribution is 2.41. The van der Waals surface area contributed by atoms with Gasteiger partial charge in [-0.25, -0.2) is 9.53 Å². The molecule has 0 saturated heterocycles. The molecule has 0 spiro atoms. The molecule has 160 valence electrons. The van der Waals surface area contributed by atoms with Crippen molar-refractivity contribution < 1.29 is 0 Å². The molecule has 3 heterocycles. The molecule has 0 N–H and O–H groups in total. The van der Waals surface area contributed by atoms with Gasteiger partial charge in [0.25, 0.3) is 5.69 Å². The summed E-state index contributed by atoms with van der Waals surface area (Å²) in [6, 6.07) is 0. The van der Waals surface area contributed by atoms with E-state index in [1.54, 1.807) is 4.68 Å². The maximum atomic E-state index is 7.73. The van der Waals surface area contributed by atoms with Crippen LogP contribution in [0.15, 0.2) is 10.2 Å². The number of hydrogen-bond acceptors (Lipinski definition) is 5. The van der Waals surface area contributed by atoms with Crippen molar-refractivity contribution in [2.75, 3.05) is 0 Å². The minimum atomic E-state index is -0.260. The van der Waals surface area contributed by atoms with Crippen molar-refractivity contribution in [1.29, 1.82) is 0 Å². The normalized spacial score (nSPS) is 12.9. The zero-order chi connectivity index (χ0) is 22.4. The van der Waals surface area contributed by atoms with Gasteiger partial charge in [0.2, 0.25) is 0 Å². The molecule has 0 saturated carbocycles. The highest BCUT2D eigenvalue weighted by atomic mass is 15.5. The molecular weight excluding hydrogens is 378 g/mol. The monoisotopic (exact) mass is 409 g/mol. The smallest absolute Gasteiger partial charge is 0.255 e. The maximum absolute atomic E-state index is 7.73. The quantitative estimate of drug-likeness (QED) is 0.413. The Labute approximate surface area is 177 Å². The van der Waals surface area contributed by atoms with E-state index in [0.29, 0.717) is 30.3 Å². The van der Waals surface area contributed by atoms with Gasteiger partial charge < -0.3 is 0 Å². The number of rotatable bonds is 4. The minimum Gasteiger partial charge on any atom is -0.257 e. The molecule has 0 unspecified atom stereocenters. The Morgan fingerprint density at radius 3 is 1.97 bits per heavy atom. The highest BCUT2D eigenvalue weighted by Gasteiger charge is 2.29. The molecule has 9 nitrogen and oxygen atoms in total. The van der Waals surface area contributed by atoms with E-state index < -0.39 is 0 Å². The van der Waals surface area contributed by atoms with Gasteiger partial charge in [0.05, 0.1) is 18.0 Å². The van der Waals surface area contributed by atoms with E-state index >= 15 is 0 Å². The maximum Gasteiger partial charge on any atom is 0.255 e. The first-order valence-electron chi connectivity index (χ1n) is 10.3. The first-order chi connectivity index (χ1) is 13.9. The van der Waals surface area contributed by atoms with Crippen LogP contribution in [0.2, 0.25) is 0 Å². The Balaban J connectivity index is 2.27. The lowest BCUT2D eigenvalue weighted by atomic mass is 9.91. The average Bonchev–Trinajstić information content (AvgIpc) is 3.29. The van der Waals surface area contributed by atoms with Crippen molar-refractivity contribution in [2.24, 2.45) is 10.2 Å². The van der Waals surface area contributed by atoms with Crippen LogP contribution in [0, 0.1) is 13.5 Å². The molecule has 0 amide bonds. The van der Waals surface area contributed by atoms with Crippen LogP contribution in [0.25, 0.3) is 10.5 Å². The fourth-order valence-corrected chi connectivity index (χ4v) is 3.41. The third-order valence-electron chi connectivity index (χ3n) is 4.93. The first-order valence-corrected chi connectivity index (χ1v) is 10.3. The molecule has 3 aromatic heterocycles. The fraction of sp³-hybridized carbons (Fsp3) is 0.619. The molecule has 0 aliphatic heterocycles. The molecule has 0 radical (unpaired) electrons. The molecule has 0 aliphatic rings.